The number of hydrogen-bond acceptors (Lipinski definition) is 4. The third kappa shape index (κ3) is 4.62. The van der Waals surface area contributed by atoms with Crippen LogP contribution in [-0.2, 0) is 26.3 Å². The normalized spacial score (nSPS) is 14.1. The van der Waals surface area contributed by atoms with E-state index in [1.807, 2.05) is 32.9 Å². The van der Waals surface area contributed by atoms with Crippen LogP contribution >= 0.6 is 0 Å². The van der Waals surface area contributed by atoms with E-state index in [9.17, 15) is 9.59 Å². The van der Waals surface area contributed by atoms with Gasteiger partial charge in [0.05, 0.1) is 11.7 Å². The van der Waals surface area contributed by atoms with E-state index in [1.165, 1.54) is 21.8 Å². The Morgan fingerprint density at radius 1 is 1.24 bits per heavy atom. The lowest BCUT2D eigenvalue weighted by Gasteiger charge is -2.19. The first kappa shape index (κ1) is 23.7. The molecule has 7 nitrogen and oxygen atoms in total. The van der Waals surface area contributed by atoms with Gasteiger partial charge in [-0.3, -0.25) is 9.36 Å². The average Bonchev–Trinajstić information content (AvgIpc) is 3.34. The molecule has 4 rings (SSSR count). The Morgan fingerprint density at radius 2 is 1.91 bits per heavy atom. The van der Waals surface area contributed by atoms with Gasteiger partial charge < -0.3 is 10.1 Å². The zero-order chi connectivity index (χ0) is 24.4. The van der Waals surface area contributed by atoms with Crippen LogP contribution in [0.3, 0.4) is 0 Å². The molecule has 1 unspecified atom stereocenters. The summed E-state index contributed by atoms with van der Waals surface area (Å²) in [6, 6.07) is 10.6. The maximum absolute atomic E-state index is 15.3. The van der Waals surface area contributed by atoms with Crippen molar-refractivity contribution in [3.05, 3.63) is 75.2 Å². The minimum absolute atomic E-state index is 0.0381. The molecule has 1 heterocycles. The topological polar surface area (TPSA) is 78.2 Å². The molecule has 8 heteroatoms. The van der Waals surface area contributed by atoms with E-state index in [-0.39, 0.29) is 29.1 Å². The molecule has 1 atom stereocenters. The molecule has 0 saturated carbocycles. The lowest BCUT2D eigenvalue weighted by molar-refractivity contribution is 0.0931. The van der Waals surface area contributed by atoms with Gasteiger partial charge in [-0.15, -0.1) is 5.10 Å². The van der Waals surface area contributed by atoms with E-state index in [0.717, 1.165) is 36.4 Å². The van der Waals surface area contributed by atoms with Crippen molar-refractivity contribution in [1.29, 1.82) is 0 Å². The number of rotatable bonds is 8. The van der Waals surface area contributed by atoms with E-state index >= 15 is 4.39 Å². The van der Waals surface area contributed by atoms with Gasteiger partial charge in [-0.1, -0.05) is 44.5 Å². The van der Waals surface area contributed by atoms with E-state index in [0.29, 0.717) is 12.2 Å². The molecular formula is C26H31FN4O3. The van der Waals surface area contributed by atoms with E-state index in [4.69, 9.17) is 4.74 Å². The van der Waals surface area contributed by atoms with Crippen molar-refractivity contribution < 1.29 is 13.9 Å². The maximum atomic E-state index is 15.3. The van der Waals surface area contributed by atoms with Gasteiger partial charge >= 0.3 is 5.69 Å². The zero-order valence-electron chi connectivity index (χ0n) is 20.1. The molecule has 1 amide bonds. The molecule has 0 saturated heterocycles. The molecule has 1 aromatic heterocycles. The largest absolute Gasteiger partial charge is 0.490 e. The van der Waals surface area contributed by atoms with E-state index < -0.39 is 17.4 Å². The molecule has 3 aromatic rings. The van der Waals surface area contributed by atoms with Gasteiger partial charge in [0.25, 0.3) is 5.91 Å². The van der Waals surface area contributed by atoms with Crippen LogP contribution in [0, 0.1) is 5.82 Å². The summed E-state index contributed by atoms with van der Waals surface area (Å²) in [4.78, 5) is 25.9. The van der Waals surface area contributed by atoms with Gasteiger partial charge in [-0.05, 0) is 43.4 Å². The smallest absolute Gasteiger partial charge is 0.350 e. The van der Waals surface area contributed by atoms with Crippen LogP contribution in [0.2, 0.25) is 0 Å². The van der Waals surface area contributed by atoms with Crippen molar-refractivity contribution in [2.75, 3.05) is 0 Å². The van der Waals surface area contributed by atoms with Gasteiger partial charge in [0.15, 0.2) is 0 Å². The number of hydrogen-bond donors (Lipinski definition) is 1. The first-order chi connectivity index (χ1) is 16.3. The van der Waals surface area contributed by atoms with Crippen LogP contribution in [0.4, 0.5) is 4.39 Å². The standard InChI is InChI=1S/C26H31FN4O3/c1-5-9-16(3)34-23-15-22(31-26(33)30(4)24(6-2)29-31)21(27)14-20(23)25(32)28-19-12-17-10-7-8-11-18(17)13-19/h7-8,10-11,14-16,19H,5-6,9,12-13H2,1-4H3,(H,28,32). The summed E-state index contributed by atoms with van der Waals surface area (Å²) in [5.41, 5.74) is 2.04. The van der Waals surface area contributed by atoms with Crippen molar-refractivity contribution in [3.63, 3.8) is 0 Å². The zero-order valence-corrected chi connectivity index (χ0v) is 20.1. The van der Waals surface area contributed by atoms with Gasteiger partial charge in [0.1, 0.15) is 23.1 Å². The lowest BCUT2D eigenvalue weighted by atomic mass is 10.1. The van der Waals surface area contributed by atoms with Crippen LogP contribution in [0.25, 0.3) is 5.69 Å². The first-order valence-electron chi connectivity index (χ1n) is 11.8. The van der Waals surface area contributed by atoms with Crippen molar-refractivity contribution in [3.8, 4) is 11.4 Å². The number of aryl methyl sites for hydroxylation is 1. The molecule has 2 aromatic carbocycles. The maximum Gasteiger partial charge on any atom is 0.350 e. The summed E-state index contributed by atoms with van der Waals surface area (Å²) in [7, 11) is 1.60. The Kier molecular flexibility index (Phi) is 6.86. The Balaban J connectivity index is 1.68. The van der Waals surface area contributed by atoms with Crippen LogP contribution in [0.15, 0.2) is 41.2 Å². The van der Waals surface area contributed by atoms with Crippen molar-refractivity contribution in [2.45, 2.75) is 65.0 Å². The summed E-state index contributed by atoms with van der Waals surface area (Å²) in [6.45, 7) is 5.82. The van der Waals surface area contributed by atoms with Gasteiger partial charge in [0, 0.05) is 25.6 Å². The van der Waals surface area contributed by atoms with Crippen LogP contribution in [0.5, 0.6) is 5.75 Å². The highest BCUT2D eigenvalue weighted by Gasteiger charge is 2.26. The minimum atomic E-state index is -0.710. The summed E-state index contributed by atoms with van der Waals surface area (Å²) in [5, 5.41) is 7.30. The van der Waals surface area contributed by atoms with Gasteiger partial charge in [0.2, 0.25) is 0 Å². The highest BCUT2D eigenvalue weighted by molar-refractivity contribution is 5.97. The van der Waals surface area contributed by atoms with Crippen LogP contribution in [-0.4, -0.2) is 32.4 Å². The summed E-state index contributed by atoms with van der Waals surface area (Å²) >= 11 is 0. The first-order valence-corrected chi connectivity index (χ1v) is 11.8. The molecule has 0 fully saturated rings. The number of amides is 1. The van der Waals surface area contributed by atoms with Gasteiger partial charge in [-0.25, -0.2) is 9.18 Å². The second kappa shape index (κ2) is 9.83. The Labute approximate surface area is 198 Å². The summed E-state index contributed by atoms with van der Waals surface area (Å²) < 4.78 is 23.8. The molecule has 0 bridgehead atoms. The fraction of sp³-hybridized carbons (Fsp3) is 0.423. The fourth-order valence-corrected chi connectivity index (χ4v) is 4.53. The number of halogens is 1. The highest BCUT2D eigenvalue weighted by Crippen LogP contribution is 2.28. The third-order valence-electron chi connectivity index (χ3n) is 6.32. The number of carbonyl (C=O) groups excluding carboxylic acids is 1. The molecule has 1 aliphatic rings. The van der Waals surface area contributed by atoms with Crippen molar-refractivity contribution >= 4 is 5.91 Å². The second-order valence-corrected chi connectivity index (χ2v) is 8.89. The summed E-state index contributed by atoms with van der Waals surface area (Å²) in [5.74, 6) is -0.336. The number of carbonyl (C=O) groups is 1. The Hall–Kier alpha value is -3.42. The SMILES string of the molecule is CCCC(C)Oc1cc(-n2nc(CC)n(C)c2=O)c(F)cc1C(=O)NC1Cc2ccccc2C1. The number of aromatic nitrogens is 3. The minimum Gasteiger partial charge on any atom is -0.490 e. The molecule has 1 N–H and O–H groups in total. The van der Waals surface area contributed by atoms with Crippen molar-refractivity contribution in [2.24, 2.45) is 7.05 Å². The molecule has 34 heavy (non-hydrogen) atoms. The van der Waals surface area contributed by atoms with E-state index in [2.05, 4.69) is 22.5 Å². The predicted molar refractivity (Wildman–Crippen MR) is 128 cm³/mol. The van der Waals surface area contributed by atoms with Crippen LogP contribution < -0.4 is 15.7 Å². The highest BCUT2D eigenvalue weighted by atomic mass is 19.1. The van der Waals surface area contributed by atoms with Crippen molar-refractivity contribution in [1.82, 2.24) is 19.7 Å². The summed E-state index contributed by atoms with van der Waals surface area (Å²) in [6.07, 6.45) is 3.48. The quantitative estimate of drug-likeness (QED) is 0.549. The van der Waals surface area contributed by atoms with Gasteiger partial charge in [-0.2, -0.15) is 4.68 Å². The second-order valence-electron chi connectivity index (χ2n) is 8.89. The number of ether oxygens (including phenoxy) is 1. The molecular weight excluding hydrogens is 435 g/mol. The number of nitrogens with zero attached hydrogens (tertiary/aromatic N) is 3. The molecule has 0 spiro atoms. The fourth-order valence-electron chi connectivity index (χ4n) is 4.53. The number of fused-ring (bicyclic) bond motifs is 1. The average molecular weight is 467 g/mol. The molecule has 0 radical (unpaired) electrons. The molecule has 1 aliphatic carbocycles. The van der Waals surface area contributed by atoms with Crippen LogP contribution in [0.1, 0.15) is 60.9 Å². The Morgan fingerprint density at radius 3 is 2.50 bits per heavy atom. The third-order valence-corrected chi connectivity index (χ3v) is 6.32. The number of nitrogens with one attached hydrogen (secondary N) is 1. The lowest BCUT2D eigenvalue weighted by Crippen LogP contribution is -2.36. The predicted octanol–water partition coefficient (Wildman–Crippen LogP) is 3.74. The number of benzene rings is 2. The van der Waals surface area contributed by atoms with E-state index in [1.54, 1.807) is 7.05 Å². The molecule has 180 valence electrons. The molecule has 0 aliphatic heterocycles. The Bertz CT molecular complexity index is 1240. The monoisotopic (exact) mass is 466 g/mol.